The fraction of sp³-hybridized carbons (Fsp3) is 0.391. The maximum atomic E-state index is 13.9. The molecule has 2 aromatic carbocycles. The maximum Gasteiger partial charge on any atom is 0.247 e. The van der Waals surface area contributed by atoms with Gasteiger partial charge in [-0.15, -0.1) is 10.2 Å². The molecule has 4 rings (SSSR count). The normalized spacial score (nSPS) is 16.5. The molecule has 30 heavy (non-hydrogen) atoms. The van der Waals surface area contributed by atoms with Crippen LogP contribution in [0.5, 0.6) is 5.75 Å². The van der Waals surface area contributed by atoms with Crippen LogP contribution in [0.25, 0.3) is 11.5 Å². The number of aryl methyl sites for hydroxylation is 1. The lowest BCUT2D eigenvalue weighted by molar-refractivity contribution is 0.0875. The number of methoxy groups -OCH3 is 1. The number of nitrogens with zero attached hydrogens (tertiary/aromatic N) is 4. The van der Waals surface area contributed by atoms with Crippen molar-refractivity contribution < 1.29 is 13.5 Å². The highest BCUT2D eigenvalue weighted by Gasteiger charge is 2.26. The third kappa shape index (κ3) is 4.52. The van der Waals surface area contributed by atoms with E-state index in [0.29, 0.717) is 11.8 Å². The largest absolute Gasteiger partial charge is 0.494 e. The molecule has 0 bridgehead atoms. The zero-order valence-electron chi connectivity index (χ0n) is 17.6. The minimum atomic E-state index is -0.317. The molecule has 2 heterocycles. The smallest absolute Gasteiger partial charge is 0.247 e. The quantitative estimate of drug-likeness (QED) is 0.611. The van der Waals surface area contributed by atoms with Gasteiger partial charge in [0, 0.05) is 38.3 Å². The summed E-state index contributed by atoms with van der Waals surface area (Å²) in [6.07, 6.45) is 0. The predicted octanol–water partition coefficient (Wildman–Crippen LogP) is 4.07. The van der Waals surface area contributed by atoms with Gasteiger partial charge in [-0.1, -0.05) is 23.8 Å². The Labute approximate surface area is 176 Å². The number of ether oxygens (including phenoxy) is 1. The Balaban J connectivity index is 1.34. The Morgan fingerprint density at radius 2 is 1.80 bits per heavy atom. The van der Waals surface area contributed by atoms with Crippen LogP contribution in [0.3, 0.4) is 0 Å². The summed E-state index contributed by atoms with van der Waals surface area (Å²) in [5.41, 5.74) is 3.08. The zero-order valence-corrected chi connectivity index (χ0v) is 17.6. The highest BCUT2D eigenvalue weighted by Crippen LogP contribution is 2.25. The van der Waals surface area contributed by atoms with Crippen molar-refractivity contribution in [2.75, 3.05) is 33.3 Å². The highest BCUT2D eigenvalue weighted by atomic mass is 19.1. The van der Waals surface area contributed by atoms with Crippen molar-refractivity contribution in [3.63, 3.8) is 0 Å². The Kier molecular flexibility index (Phi) is 6.11. The van der Waals surface area contributed by atoms with Gasteiger partial charge in [0.2, 0.25) is 11.8 Å². The fourth-order valence-corrected chi connectivity index (χ4v) is 3.75. The van der Waals surface area contributed by atoms with Gasteiger partial charge in [-0.05, 0) is 43.7 Å². The first-order chi connectivity index (χ1) is 14.5. The van der Waals surface area contributed by atoms with Crippen LogP contribution in [-0.2, 0) is 6.54 Å². The second-order valence-electron chi connectivity index (χ2n) is 7.77. The maximum absolute atomic E-state index is 13.9. The molecule has 1 saturated heterocycles. The first-order valence-electron chi connectivity index (χ1n) is 10.2. The van der Waals surface area contributed by atoms with Crippen LogP contribution in [0.15, 0.2) is 46.9 Å². The second kappa shape index (κ2) is 8.93. The van der Waals surface area contributed by atoms with E-state index in [1.54, 1.807) is 12.1 Å². The Hall–Kier alpha value is -2.77. The van der Waals surface area contributed by atoms with Gasteiger partial charge in [0.1, 0.15) is 0 Å². The van der Waals surface area contributed by atoms with E-state index in [-0.39, 0.29) is 17.6 Å². The number of aromatic nitrogens is 2. The predicted molar refractivity (Wildman–Crippen MR) is 113 cm³/mol. The number of piperazine rings is 1. The van der Waals surface area contributed by atoms with Crippen molar-refractivity contribution in [3.05, 3.63) is 65.3 Å². The molecule has 1 fully saturated rings. The molecule has 0 amide bonds. The van der Waals surface area contributed by atoms with E-state index in [9.17, 15) is 4.39 Å². The molecular weight excluding hydrogens is 383 g/mol. The average molecular weight is 410 g/mol. The summed E-state index contributed by atoms with van der Waals surface area (Å²) in [7, 11) is 1.48. The monoisotopic (exact) mass is 410 g/mol. The molecule has 1 atom stereocenters. The Bertz CT molecular complexity index is 981. The average Bonchev–Trinajstić information content (AvgIpc) is 3.25. The molecule has 7 heteroatoms. The topological polar surface area (TPSA) is 54.6 Å². The minimum absolute atomic E-state index is 0.0530. The lowest BCUT2D eigenvalue weighted by atomic mass is 10.1. The van der Waals surface area contributed by atoms with Gasteiger partial charge in [-0.2, -0.15) is 0 Å². The highest BCUT2D eigenvalue weighted by molar-refractivity contribution is 5.52. The second-order valence-corrected chi connectivity index (χ2v) is 7.77. The van der Waals surface area contributed by atoms with Crippen LogP contribution in [0.1, 0.15) is 30.0 Å². The van der Waals surface area contributed by atoms with Crippen LogP contribution in [0.2, 0.25) is 0 Å². The molecule has 6 nitrogen and oxygen atoms in total. The van der Waals surface area contributed by atoms with Gasteiger partial charge in [-0.25, -0.2) is 4.39 Å². The van der Waals surface area contributed by atoms with Crippen molar-refractivity contribution in [3.8, 4) is 17.2 Å². The van der Waals surface area contributed by atoms with E-state index < -0.39 is 0 Å². The molecule has 1 aromatic heterocycles. The van der Waals surface area contributed by atoms with Crippen molar-refractivity contribution in [2.24, 2.45) is 0 Å². The molecule has 0 N–H and O–H groups in total. The lowest BCUT2D eigenvalue weighted by Gasteiger charge is -2.36. The van der Waals surface area contributed by atoms with Crippen LogP contribution < -0.4 is 4.74 Å². The third-order valence-electron chi connectivity index (χ3n) is 5.67. The number of halogens is 1. The summed E-state index contributed by atoms with van der Waals surface area (Å²) in [5.74, 6) is 1.15. The molecule has 158 valence electrons. The van der Waals surface area contributed by atoms with Crippen LogP contribution in [0, 0.1) is 12.7 Å². The van der Waals surface area contributed by atoms with Gasteiger partial charge in [0.25, 0.3) is 0 Å². The van der Waals surface area contributed by atoms with Crippen LogP contribution in [-0.4, -0.2) is 53.3 Å². The van der Waals surface area contributed by atoms with Gasteiger partial charge < -0.3 is 9.15 Å². The van der Waals surface area contributed by atoms with Gasteiger partial charge >= 0.3 is 0 Å². The SMILES string of the molecule is COc1ccc(CN2CCN([C@@H](C)c3nnc(-c4ccc(C)cc4)o3)CC2)cc1F. The fourth-order valence-electron chi connectivity index (χ4n) is 3.75. The van der Waals surface area contributed by atoms with Crippen molar-refractivity contribution in [2.45, 2.75) is 26.4 Å². The number of rotatable bonds is 6. The van der Waals surface area contributed by atoms with Gasteiger partial charge in [0.05, 0.1) is 13.2 Å². The summed E-state index contributed by atoms with van der Waals surface area (Å²) in [6, 6.07) is 13.3. The summed E-state index contributed by atoms with van der Waals surface area (Å²) >= 11 is 0. The standard InChI is InChI=1S/C23H27FN4O2/c1-16-4-7-19(8-5-16)23-26-25-22(30-23)17(2)28-12-10-27(11-13-28)15-18-6-9-21(29-3)20(24)14-18/h4-9,14,17H,10-13,15H2,1-3H3/t17-/m0/s1. The van der Waals surface area contributed by atoms with Crippen molar-refractivity contribution in [1.82, 2.24) is 20.0 Å². The molecule has 1 aliphatic rings. The van der Waals surface area contributed by atoms with Gasteiger partial charge in [0.15, 0.2) is 11.6 Å². The number of benzene rings is 2. The van der Waals surface area contributed by atoms with E-state index in [1.165, 1.54) is 12.7 Å². The Morgan fingerprint density at radius 1 is 1.07 bits per heavy atom. The Morgan fingerprint density at radius 3 is 2.47 bits per heavy atom. The van der Waals surface area contributed by atoms with E-state index in [0.717, 1.165) is 43.9 Å². The molecule has 0 radical (unpaired) electrons. The summed E-state index contributed by atoms with van der Waals surface area (Å²) in [6.45, 7) is 8.45. The first-order valence-corrected chi connectivity index (χ1v) is 10.2. The van der Waals surface area contributed by atoms with E-state index >= 15 is 0 Å². The first kappa shape index (κ1) is 20.5. The van der Waals surface area contributed by atoms with E-state index in [2.05, 4.69) is 33.8 Å². The lowest BCUT2D eigenvalue weighted by Crippen LogP contribution is -2.46. The van der Waals surface area contributed by atoms with Gasteiger partial charge in [-0.3, -0.25) is 9.80 Å². The third-order valence-corrected chi connectivity index (χ3v) is 5.67. The molecule has 3 aromatic rings. The number of hydrogen-bond acceptors (Lipinski definition) is 6. The van der Waals surface area contributed by atoms with E-state index in [4.69, 9.17) is 9.15 Å². The van der Waals surface area contributed by atoms with Crippen molar-refractivity contribution in [1.29, 1.82) is 0 Å². The molecular formula is C23H27FN4O2. The molecule has 0 spiro atoms. The minimum Gasteiger partial charge on any atom is -0.494 e. The number of hydrogen-bond donors (Lipinski definition) is 0. The van der Waals surface area contributed by atoms with Crippen molar-refractivity contribution >= 4 is 0 Å². The molecule has 0 aliphatic carbocycles. The molecule has 0 unspecified atom stereocenters. The summed E-state index contributed by atoms with van der Waals surface area (Å²) < 4.78 is 24.9. The van der Waals surface area contributed by atoms with Crippen LogP contribution >= 0.6 is 0 Å². The summed E-state index contributed by atoms with van der Waals surface area (Å²) in [5, 5.41) is 8.50. The molecule has 1 aliphatic heterocycles. The summed E-state index contributed by atoms with van der Waals surface area (Å²) in [4.78, 5) is 4.67. The van der Waals surface area contributed by atoms with Crippen LogP contribution in [0.4, 0.5) is 4.39 Å². The van der Waals surface area contributed by atoms with E-state index in [1.807, 2.05) is 30.3 Å². The zero-order chi connectivity index (χ0) is 21.1. The molecule has 0 saturated carbocycles.